The van der Waals surface area contributed by atoms with Crippen LogP contribution >= 0.6 is 35.3 Å². The quantitative estimate of drug-likeness (QED) is 0.0197. The van der Waals surface area contributed by atoms with E-state index in [0.29, 0.717) is 43.2 Å². The fourth-order valence-corrected chi connectivity index (χ4v) is 9.67. The molecule has 65 heavy (non-hydrogen) atoms. The predicted octanol–water partition coefficient (Wildman–Crippen LogP) is -6.12. The summed E-state index contributed by atoms with van der Waals surface area (Å²) in [5.41, 5.74) is 10.7. The number of aliphatic hydroxyl groups is 11. The number of thioether (sulfide) groups is 3. The third kappa shape index (κ3) is 16.6. The van der Waals surface area contributed by atoms with Crippen molar-refractivity contribution in [1.29, 1.82) is 0 Å². The van der Waals surface area contributed by atoms with Crippen LogP contribution in [0.3, 0.4) is 0 Å². The molecule has 0 radical (unpaired) electrons. The average Bonchev–Trinajstić information content (AvgIpc) is 3.30. The molecule has 0 aliphatic carbocycles. The summed E-state index contributed by atoms with van der Waals surface area (Å²) in [4.78, 5) is 4.32. The van der Waals surface area contributed by atoms with Crippen molar-refractivity contribution in [1.82, 2.24) is 0 Å². The zero-order valence-corrected chi connectivity index (χ0v) is 38.9. The summed E-state index contributed by atoms with van der Waals surface area (Å²) >= 11 is 4.26. The van der Waals surface area contributed by atoms with Gasteiger partial charge in [0.25, 0.3) is 0 Å². The lowest BCUT2D eigenvalue weighted by molar-refractivity contribution is -0.347. The molecule has 382 valence electrons. The van der Waals surface area contributed by atoms with Gasteiger partial charge in [0.15, 0.2) is 18.9 Å². The number of aliphatic hydroxyl groups excluding tert-OH is 11. The van der Waals surface area contributed by atoms with Crippen LogP contribution in [0, 0.1) is 0 Å². The third-order valence-corrected chi connectivity index (χ3v) is 14.2. The highest BCUT2D eigenvalue weighted by atomic mass is 32.2. The molecule has 4 aliphatic heterocycles. The number of hydrogen-bond acceptors (Lipinski definition) is 26. The molecule has 15 N–H and O–H groups in total. The van der Waals surface area contributed by atoms with E-state index in [1.54, 1.807) is 23.5 Å². The molecule has 0 aromatic carbocycles. The Labute approximate surface area is 390 Å². The highest BCUT2D eigenvalue weighted by Gasteiger charge is 2.51. The lowest BCUT2D eigenvalue weighted by Crippen LogP contribution is -2.63. The van der Waals surface area contributed by atoms with Gasteiger partial charge in [-0.2, -0.15) is 23.5 Å². The minimum absolute atomic E-state index is 0.105. The van der Waals surface area contributed by atoms with Gasteiger partial charge in [0.2, 0.25) is 0 Å². The number of hydrogen-bond donors (Lipinski definition) is 13. The molecule has 0 spiro atoms. The molecule has 4 saturated heterocycles. The Balaban J connectivity index is 1.30. The topological polar surface area (TPSA) is 379 Å². The molecule has 4 fully saturated rings. The fraction of sp³-hybridized carbons (Fsp3) is 0.974. The number of aliphatic imine (C=N–C) groups is 1. The van der Waals surface area contributed by atoms with E-state index in [9.17, 15) is 56.2 Å². The number of rotatable bonds is 28. The standard InChI is InChI=1S/C38H71N3O21S3/c1-53-14-19-25(45)29(49)33(56-8-4-10-64-12-6-41-22(40)17-65-38-32(52)28(48)23(43)18(13-42)62-38)36(60-19)58-16-21-26(46)30(50)34(55-7-3-9-63-11-5-39)37(61-21)57-15-20-24(44)27(47)31(51)35(54-2)59-20/h18-21,23-38,42-52H,3-17,39H2,1-2H3,(H2,40,41)/t18?,19?,20?,21?,23?,24-,25-,26-,27+,28-,29+,30+,31+,32-,33+,34+,35?,36?,37?,38-/m1/s1. The van der Waals surface area contributed by atoms with E-state index in [2.05, 4.69) is 4.99 Å². The number of nitrogens with two attached hydrogens (primary N) is 2. The highest BCUT2D eigenvalue weighted by molar-refractivity contribution is 8.00. The van der Waals surface area contributed by atoms with Crippen molar-refractivity contribution in [3.63, 3.8) is 0 Å². The third-order valence-electron chi connectivity index (χ3n) is 10.9. The lowest BCUT2D eigenvalue weighted by Gasteiger charge is -2.45. The maximum absolute atomic E-state index is 11.3. The van der Waals surface area contributed by atoms with Crippen molar-refractivity contribution in [2.75, 3.05) is 95.7 Å². The molecular formula is C38H71N3O21S3. The van der Waals surface area contributed by atoms with E-state index in [4.69, 9.17) is 58.8 Å². The monoisotopic (exact) mass is 1000 g/mol. The molecule has 24 nitrogen and oxygen atoms in total. The molecule has 0 aromatic heterocycles. The summed E-state index contributed by atoms with van der Waals surface area (Å²) in [6.07, 6.45) is -24.9. The van der Waals surface area contributed by atoms with Gasteiger partial charge in [-0.05, 0) is 24.3 Å². The zero-order chi connectivity index (χ0) is 47.6. The Morgan fingerprint density at radius 1 is 0.554 bits per heavy atom. The van der Waals surface area contributed by atoms with Crippen LogP contribution in [0.4, 0.5) is 0 Å². The number of ether oxygens (including phenoxy) is 10. The van der Waals surface area contributed by atoms with Crippen molar-refractivity contribution in [3.8, 4) is 0 Å². The second kappa shape index (κ2) is 29.7. The van der Waals surface area contributed by atoms with Gasteiger partial charge in [0.1, 0.15) is 109 Å². The Morgan fingerprint density at radius 2 is 1.05 bits per heavy atom. The number of nitrogens with zero attached hydrogens (tertiary/aromatic N) is 1. The van der Waals surface area contributed by atoms with Crippen molar-refractivity contribution < 1.29 is 104 Å². The smallest absolute Gasteiger partial charge is 0.187 e. The first-order chi connectivity index (χ1) is 31.2. The molecular weight excluding hydrogens is 931 g/mol. The normalized spacial score (nSPS) is 40.6. The minimum Gasteiger partial charge on any atom is -0.394 e. The number of amidine groups is 1. The number of methoxy groups -OCH3 is 2. The van der Waals surface area contributed by atoms with Crippen molar-refractivity contribution in [2.24, 2.45) is 16.5 Å². The second-order valence-corrected chi connectivity index (χ2v) is 19.2. The van der Waals surface area contributed by atoms with Crippen LogP contribution in [0.2, 0.25) is 0 Å². The van der Waals surface area contributed by atoms with E-state index in [1.165, 1.54) is 14.2 Å². The van der Waals surface area contributed by atoms with Crippen molar-refractivity contribution >= 4 is 41.1 Å². The summed E-state index contributed by atoms with van der Waals surface area (Å²) in [7, 11) is 2.64. The van der Waals surface area contributed by atoms with E-state index >= 15 is 0 Å². The SMILES string of the molecule is COCC1OC(OCC2OC(OCC3OC(OC)[C@@H](O)[C@@H](O)[C@@H]3O)[C@@H](OCCCSCCN)[C@@H](O)[C@@H]2O)[C@@H](OCCCSCCN=C(N)CS[C@H]2OC(CO)C(O)[C@@H](O)[C@H]2O)[C@@H](O)[C@@H]1O. The van der Waals surface area contributed by atoms with E-state index in [1.807, 2.05) is 0 Å². The molecule has 0 aromatic rings. The van der Waals surface area contributed by atoms with Crippen LogP contribution < -0.4 is 11.5 Å². The van der Waals surface area contributed by atoms with Gasteiger partial charge < -0.3 is 115 Å². The molecule has 27 heteroatoms. The van der Waals surface area contributed by atoms with Crippen LogP contribution in [0.1, 0.15) is 12.8 Å². The maximum Gasteiger partial charge on any atom is 0.187 e. The first kappa shape index (κ1) is 57.2. The van der Waals surface area contributed by atoms with Crippen LogP contribution in [-0.2, 0) is 47.4 Å². The van der Waals surface area contributed by atoms with Crippen molar-refractivity contribution in [3.05, 3.63) is 0 Å². The first-order valence-electron chi connectivity index (χ1n) is 21.5. The van der Waals surface area contributed by atoms with Gasteiger partial charge in [0.05, 0.1) is 32.2 Å². The summed E-state index contributed by atoms with van der Waals surface area (Å²) in [6.45, 7) is -0.332. The molecule has 0 bridgehead atoms. The summed E-state index contributed by atoms with van der Waals surface area (Å²) in [5, 5.41) is 115. The van der Waals surface area contributed by atoms with Gasteiger partial charge in [-0.1, -0.05) is 0 Å². The van der Waals surface area contributed by atoms with E-state index < -0.39 is 142 Å². The van der Waals surface area contributed by atoms with Gasteiger partial charge in [0, 0.05) is 52.0 Å². The Morgan fingerprint density at radius 3 is 1.57 bits per heavy atom. The van der Waals surface area contributed by atoms with Crippen LogP contribution in [0.5, 0.6) is 0 Å². The summed E-state index contributed by atoms with van der Waals surface area (Å²) in [5.74, 6) is 3.12. The highest BCUT2D eigenvalue weighted by Crippen LogP contribution is 2.31. The second-order valence-electron chi connectivity index (χ2n) is 15.7. The molecule has 4 rings (SSSR count). The van der Waals surface area contributed by atoms with Crippen LogP contribution in [0.15, 0.2) is 4.99 Å². The minimum atomic E-state index is -1.62. The summed E-state index contributed by atoms with van der Waals surface area (Å²) in [6, 6.07) is 0. The van der Waals surface area contributed by atoms with Gasteiger partial charge in [-0.3, -0.25) is 4.99 Å². The fourth-order valence-electron chi connectivity index (χ4n) is 7.22. The van der Waals surface area contributed by atoms with E-state index in [0.717, 1.165) is 17.5 Å². The maximum atomic E-state index is 11.3. The largest absolute Gasteiger partial charge is 0.394 e. The molecule has 0 saturated carbocycles. The molecule has 4 heterocycles. The lowest BCUT2D eigenvalue weighted by atomic mass is 9.97. The zero-order valence-electron chi connectivity index (χ0n) is 36.5. The molecule has 0 amide bonds. The first-order valence-corrected chi connectivity index (χ1v) is 24.8. The van der Waals surface area contributed by atoms with Crippen LogP contribution in [0.25, 0.3) is 0 Å². The Hall–Kier alpha value is -0.360. The molecule has 20 atom stereocenters. The average molecular weight is 1000 g/mol. The molecule has 8 unspecified atom stereocenters. The Bertz CT molecular complexity index is 1340. The Kier molecular flexibility index (Phi) is 26.2. The summed E-state index contributed by atoms with van der Waals surface area (Å²) < 4.78 is 57.3. The van der Waals surface area contributed by atoms with Gasteiger partial charge in [-0.25, -0.2) is 0 Å². The molecule has 4 aliphatic rings. The predicted molar refractivity (Wildman–Crippen MR) is 234 cm³/mol. The van der Waals surface area contributed by atoms with E-state index in [-0.39, 0.29) is 31.4 Å². The van der Waals surface area contributed by atoms with Gasteiger partial charge >= 0.3 is 0 Å². The van der Waals surface area contributed by atoms with Crippen molar-refractivity contribution in [2.45, 2.75) is 135 Å². The van der Waals surface area contributed by atoms with Gasteiger partial charge in [-0.15, -0.1) is 11.8 Å². The van der Waals surface area contributed by atoms with Crippen LogP contribution in [-0.4, -0.2) is 280 Å².